The molecule has 3 rings (SSSR count). The summed E-state index contributed by atoms with van der Waals surface area (Å²) in [6, 6.07) is 5.24. The van der Waals surface area contributed by atoms with Crippen LogP contribution in [0.1, 0.15) is 21.6 Å². The van der Waals surface area contributed by atoms with E-state index >= 15 is 0 Å². The Balaban J connectivity index is 1.88. The summed E-state index contributed by atoms with van der Waals surface area (Å²) >= 11 is 9.48. The number of hydrogen-bond acceptors (Lipinski definition) is 4. The van der Waals surface area contributed by atoms with Gasteiger partial charge in [-0.2, -0.15) is 0 Å². The Labute approximate surface area is 135 Å². The van der Waals surface area contributed by atoms with E-state index in [1.807, 2.05) is 0 Å². The number of carbonyl (C=O) groups is 1. The molecule has 1 aliphatic heterocycles. The number of rotatable bonds is 1. The quantitative estimate of drug-likeness (QED) is 0.841. The molecule has 7 heteroatoms. The summed E-state index contributed by atoms with van der Waals surface area (Å²) in [5.74, 6) is 0.118. The van der Waals surface area contributed by atoms with Crippen LogP contribution in [0.15, 0.2) is 28.9 Å². The van der Waals surface area contributed by atoms with Crippen molar-refractivity contribution in [3.05, 3.63) is 50.7 Å². The third-order valence-electron chi connectivity index (χ3n) is 3.41. The van der Waals surface area contributed by atoms with Gasteiger partial charge in [-0.15, -0.1) is 0 Å². The number of halogens is 2. The first-order valence-corrected chi connectivity index (χ1v) is 7.56. The van der Waals surface area contributed by atoms with Crippen molar-refractivity contribution < 1.29 is 4.79 Å². The van der Waals surface area contributed by atoms with Crippen molar-refractivity contribution in [2.45, 2.75) is 13.0 Å². The number of amides is 1. The van der Waals surface area contributed by atoms with Gasteiger partial charge in [-0.05, 0) is 30.2 Å². The minimum absolute atomic E-state index is 0.107. The van der Waals surface area contributed by atoms with Gasteiger partial charge < -0.3 is 10.6 Å². The SMILES string of the molecule is Nc1ncc2c(n1)CN(C(=O)c1cc(Br)ccc1Cl)CC2. The third kappa shape index (κ3) is 2.87. The maximum atomic E-state index is 12.6. The lowest BCUT2D eigenvalue weighted by Gasteiger charge is -2.28. The van der Waals surface area contributed by atoms with Crippen molar-refractivity contribution in [3.8, 4) is 0 Å². The molecule has 1 aliphatic rings. The Hall–Kier alpha value is -1.66. The fourth-order valence-electron chi connectivity index (χ4n) is 2.32. The van der Waals surface area contributed by atoms with Crippen LogP contribution in [-0.2, 0) is 13.0 Å². The lowest BCUT2D eigenvalue weighted by Crippen LogP contribution is -2.36. The second kappa shape index (κ2) is 5.61. The van der Waals surface area contributed by atoms with Gasteiger partial charge in [-0.25, -0.2) is 9.97 Å². The topological polar surface area (TPSA) is 72.1 Å². The van der Waals surface area contributed by atoms with E-state index in [0.29, 0.717) is 30.1 Å². The lowest BCUT2D eigenvalue weighted by molar-refractivity contribution is 0.0732. The van der Waals surface area contributed by atoms with E-state index in [-0.39, 0.29) is 11.9 Å². The van der Waals surface area contributed by atoms with Crippen molar-refractivity contribution in [2.24, 2.45) is 0 Å². The predicted octanol–water partition coefficient (Wildman–Crippen LogP) is 2.67. The second-order valence-corrected chi connectivity index (χ2v) is 6.12. The van der Waals surface area contributed by atoms with Crippen LogP contribution in [0.25, 0.3) is 0 Å². The second-order valence-electron chi connectivity index (χ2n) is 4.80. The van der Waals surface area contributed by atoms with Crippen LogP contribution in [0.5, 0.6) is 0 Å². The van der Waals surface area contributed by atoms with E-state index in [1.165, 1.54) is 0 Å². The Morgan fingerprint density at radius 1 is 1.43 bits per heavy atom. The van der Waals surface area contributed by atoms with Crippen LogP contribution >= 0.6 is 27.5 Å². The maximum absolute atomic E-state index is 12.6. The first-order valence-electron chi connectivity index (χ1n) is 6.39. The van der Waals surface area contributed by atoms with Crippen molar-refractivity contribution >= 4 is 39.4 Å². The molecule has 0 aliphatic carbocycles. The smallest absolute Gasteiger partial charge is 0.255 e. The predicted molar refractivity (Wildman–Crippen MR) is 84.0 cm³/mol. The molecular weight excluding hydrogens is 356 g/mol. The Morgan fingerprint density at radius 3 is 3.05 bits per heavy atom. The summed E-state index contributed by atoms with van der Waals surface area (Å²) in [5, 5.41) is 0.441. The number of carbonyl (C=O) groups excluding carboxylic acids is 1. The van der Waals surface area contributed by atoms with Gasteiger partial charge in [-0.3, -0.25) is 4.79 Å². The molecular formula is C14H12BrClN4O. The average Bonchev–Trinajstić information content (AvgIpc) is 2.48. The molecule has 0 radical (unpaired) electrons. The van der Waals surface area contributed by atoms with Crippen LogP contribution < -0.4 is 5.73 Å². The number of anilines is 1. The number of nitrogen functional groups attached to an aromatic ring is 1. The lowest BCUT2D eigenvalue weighted by atomic mass is 10.1. The van der Waals surface area contributed by atoms with Gasteiger partial charge >= 0.3 is 0 Å². The van der Waals surface area contributed by atoms with Crippen molar-refractivity contribution in [1.82, 2.24) is 14.9 Å². The number of hydrogen-bond donors (Lipinski definition) is 1. The highest BCUT2D eigenvalue weighted by Gasteiger charge is 2.24. The van der Waals surface area contributed by atoms with Gasteiger partial charge in [0.05, 0.1) is 22.8 Å². The van der Waals surface area contributed by atoms with Gasteiger partial charge in [-0.1, -0.05) is 27.5 Å². The van der Waals surface area contributed by atoms with Crippen molar-refractivity contribution in [3.63, 3.8) is 0 Å². The van der Waals surface area contributed by atoms with E-state index in [0.717, 1.165) is 15.7 Å². The van der Waals surface area contributed by atoms with E-state index in [9.17, 15) is 4.79 Å². The summed E-state index contributed by atoms with van der Waals surface area (Å²) in [5.41, 5.74) is 7.92. The first kappa shape index (κ1) is 14.3. The Bertz CT molecular complexity index is 722. The fraction of sp³-hybridized carbons (Fsp3) is 0.214. The molecule has 21 heavy (non-hydrogen) atoms. The summed E-state index contributed by atoms with van der Waals surface area (Å²) in [4.78, 5) is 22.5. The molecule has 2 aromatic rings. The standard InChI is InChI=1S/C14H12BrClN4O/c15-9-1-2-11(16)10(5-9)13(21)20-4-3-8-6-18-14(17)19-12(8)7-20/h1-2,5-6H,3-4,7H2,(H2,17,18,19). The normalized spacial score (nSPS) is 13.9. The van der Waals surface area contributed by atoms with Gasteiger partial charge in [0, 0.05) is 17.2 Å². The average molecular weight is 368 g/mol. The van der Waals surface area contributed by atoms with Crippen LogP contribution in [0, 0.1) is 0 Å². The number of nitrogens with zero attached hydrogens (tertiary/aromatic N) is 3. The summed E-state index contributed by atoms with van der Waals surface area (Å²) in [6.45, 7) is 1.03. The fourth-order valence-corrected chi connectivity index (χ4v) is 2.88. The van der Waals surface area contributed by atoms with Gasteiger partial charge in [0.1, 0.15) is 0 Å². The molecule has 0 atom stereocenters. The van der Waals surface area contributed by atoms with Crippen LogP contribution in [0.3, 0.4) is 0 Å². The maximum Gasteiger partial charge on any atom is 0.255 e. The van der Waals surface area contributed by atoms with Crippen LogP contribution in [0.2, 0.25) is 5.02 Å². The molecule has 0 bridgehead atoms. The molecule has 0 unspecified atom stereocenters. The zero-order valence-electron chi connectivity index (χ0n) is 11.0. The summed E-state index contributed by atoms with van der Waals surface area (Å²) in [6.07, 6.45) is 2.44. The van der Waals surface area contributed by atoms with Gasteiger partial charge in [0.15, 0.2) is 0 Å². The molecule has 0 saturated carbocycles. The van der Waals surface area contributed by atoms with E-state index in [4.69, 9.17) is 17.3 Å². The molecule has 1 aromatic carbocycles. The number of fused-ring (bicyclic) bond motifs is 1. The molecule has 2 heterocycles. The summed E-state index contributed by atoms with van der Waals surface area (Å²) in [7, 11) is 0. The highest BCUT2D eigenvalue weighted by atomic mass is 79.9. The Morgan fingerprint density at radius 2 is 2.24 bits per heavy atom. The van der Waals surface area contributed by atoms with E-state index in [2.05, 4.69) is 25.9 Å². The largest absolute Gasteiger partial charge is 0.368 e. The number of benzene rings is 1. The Kier molecular flexibility index (Phi) is 3.82. The number of nitrogens with two attached hydrogens (primary N) is 1. The zero-order valence-corrected chi connectivity index (χ0v) is 13.4. The van der Waals surface area contributed by atoms with E-state index in [1.54, 1.807) is 29.3 Å². The van der Waals surface area contributed by atoms with Crippen LogP contribution in [-0.4, -0.2) is 27.3 Å². The molecule has 1 aromatic heterocycles. The number of aromatic nitrogens is 2. The zero-order chi connectivity index (χ0) is 15.0. The third-order valence-corrected chi connectivity index (χ3v) is 4.23. The molecule has 108 valence electrons. The van der Waals surface area contributed by atoms with Crippen LogP contribution in [0.4, 0.5) is 5.95 Å². The summed E-state index contributed by atoms with van der Waals surface area (Å²) < 4.78 is 0.819. The molecule has 2 N–H and O–H groups in total. The highest BCUT2D eigenvalue weighted by Crippen LogP contribution is 2.25. The highest BCUT2D eigenvalue weighted by molar-refractivity contribution is 9.10. The first-order chi connectivity index (χ1) is 10.0. The van der Waals surface area contributed by atoms with Crippen molar-refractivity contribution in [2.75, 3.05) is 12.3 Å². The van der Waals surface area contributed by atoms with Gasteiger partial charge in [0.25, 0.3) is 5.91 Å². The molecule has 5 nitrogen and oxygen atoms in total. The van der Waals surface area contributed by atoms with E-state index < -0.39 is 0 Å². The minimum Gasteiger partial charge on any atom is -0.368 e. The minimum atomic E-state index is -0.107. The molecule has 1 amide bonds. The van der Waals surface area contributed by atoms with Gasteiger partial charge in [0.2, 0.25) is 5.95 Å². The monoisotopic (exact) mass is 366 g/mol. The molecule has 0 fully saturated rings. The molecule has 0 saturated heterocycles. The van der Waals surface area contributed by atoms with Crippen molar-refractivity contribution in [1.29, 1.82) is 0 Å². The molecule has 0 spiro atoms.